The lowest BCUT2D eigenvalue weighted by atomic mass is 10.3. The molecule has 0 fully saturated rings. The highest BCUT2D eigenvalue weighted by atomic mass is 35.5. The predicted octanol–water partition coefficient (Wildman–Crippen LogP) is 2.99. The summed E-state index contributed by atoms with van der Waals surface area (Å²) in [7, 11) is 1.77. The molecule has 1 aromatic heterocycles. The summed E-state index contributed by atoms with van der Waals surface area (Å²) in [4.78, 5) is 18.2. The number of anilines is 1. The van der Waals surface area contributed by atoms with E-state index in [1.54, 1.807) is 35.8 Å². The van der Waals surface area contributed by atoms with E-state index in [-0.39, 0.29) is 5.91 Å². The topological polar surface area (TPSA) is 45.2 Å². The minimum absolute atomic E-state index is 0.140. The summed E-state index contributed by atoms with van der Waals surface area (Å²) >= 11 is 7.76. The summed E-state index contributed by atoms with van der Waals surface area (Å²) in [5.41, 5.74) is 0.311. The molecule has 1 aromatic rings. The van der Waals surface area contributed by atoms with Crippen LogP contribution in [0.3, 0.4) is 0 Å². The molecule has 0 unspecified atom stereocenters. The average Bonchev–Trinajstić information content (AvgIpc) is 2.43. The fourth-order valence-electron chi connectivity index (χ4n) is 1.45. The van der Waals surface area contributed by atoms with E-state index in [9.17, 15) is 4.79 Å². The highest BCUT2D eigenvalue weighted by Gasteiger charge is 2.17. The van der Waals surface area contributed by atoms with Crippen LogP contribution < -0.4 is 5.32 Å². The Hall–Kier alpha value is -0.940. The molecule has 0 aliphatic rings. The maximum atomic E-state index is 12.2. The van der Waals surface area contributed by atoms with Crippen LogP contribution in [0.1, 0.15) is 23.8 Å². The maximum absolute atomic E-state index is 12.2. The van der Waals surface area contributed by atoms with Crippen LogP contribution in [-0.4, -0.2) is 47.9 Å². The summed E-state index contributed by atoms with van der Waals surface area (Å²) in [5, 5.41) is 3.55. The van der Waals surface area contributed by atoms with Crippen molar-refractivity contribution in [1.82, 2.24) is 9.88 Å². The Labute approximate surface area is 123 Å². The lowest BCUT2D eigenvalue weighted by molar-refractivity contribution is 0.0798. The number of amides is 1. The standard InChI is InChI=1S/C13H20ClN3OS/c1-4-7-15-11-6-5-10(14)12(16-11)13(18)17(2)8-9-19-3/h5-6H,4,7-9H2,1-3H3,(H,15,16). The molecule has 0 spiro atoms. The Morgan fingerprint density at radius 2 is 2.26 bits per heavy atom. The van der Waals surface area contributed by atoms with Gasteiger partial charge in [0.05, 0.1) is 5.02 Å². The molecule has 19 heavy (non-hydrogen) atoms. The van der Waals surface area contributed by atoms with Crippen molar-refractivity contribution in [2.24, 2.45) is 0 Å². The van der Waals surface area contributed by atoms with E-state index in [2.05, 4.69) is 17.2 Å². The number of nitrogens with one attached hydrogen (secondary N) is 1. The highest BCUT2D eigenvalue weighted by Crippen LogP contribution is 2.18. The molecule has 0 aromatic carbocycles. The van der Waals surface area contributed by atoms with Crippen LogP contribution in [0.15, 0.2) is 12.1 Å². The van der Waals surface area contributed by atoms with Crippen LogP contribution >= 0.6 is 23.4 Å². The van der Waals surface area contributed by atoms with Crippen molar-refractivity contribution in [2.45, 2.75) is 13.3 Å². The molecule has 0 atom stereocenters. The fourth-order valence-corrected chi connectivity index (χ4v) is 2.10. The molecule has 0 bridgehead atoms. The Bertz CT molecular complexity index is 428. The van der Waals surface area contributed by atoms with E-state index >= 15 is 0 Å². The van der Waals surface area contributed by atoms with E-state index in [1.165, 1.54) is 0 Å². The molecule has 106 valence electrons. The second-order valence-corrected chi connectivity index (χ2v) is 5.57. The number of pyridine rings is 1. The summed E-state index contributed by atoms with van der Waals surface area (Å²) in [6, 6.07) is 3.50. The van der Waals surface area contributed by atoms with E-state index in [0.717, 1.165) is 18.7 Å². The molecule has 0 aliphatic carbocycles. The average molecular weight is 302 g/mol. The first-order valence-corrected chi connectivity index (χ1v) is 8.02. The minimum Gasteiger partial charge on any atom is -0.370 e. The number of carbonyl (C=O) groups excluding carboxylic acids is 1. The van der Waals surface area contributed by atoms with Crippen molar-refractivity contribution in [3.8, 4) is 0 Å². The van der Waals surface area contributed by atoms with Crippen LogP contribution in [0.5, 0.6) is 0 Å². The molecule has 4 nitrogen and oxygen atoms in total. The molecular formula is C13H20ClN3OS. The van der Waals surface area contributed by atoms with Gasteiger partial charge in [0.25, 0.3) is 5.91 Å². The van der Waals surface area contributed by atoms with Crippen molar-refractivity contribution in [3.05, 3.63) is 22.8 Å². The van der Waals surface area contributed by atoms with Gasteiger partial charge in [0, 0.05) is 25.9 Å². The first-order valence-electron chi connectivity index (χ1n) is 6.25. The van der Waals surface area contributed by atoms with Crippen LogP contribution in [-0.2, 0) is 0 Å². The van der Waals surface area contributed by atoms with Gasteiger partial charge in [-0.1, -0.05) is 18.5 Å². The molecule has 0 saturated heterocycles. The molecule has 0 aliphatic heterocycles. The van der Waals surface area contributed by atoms with Crippen molar-refractivity contribution in [3.63, 3.8) is 0 Å². The Morgan fingerprint density at radius 3 is 2.89 bits per heavy atom. The third kappa shape index (κ3) is 4.91. The van der Waals surface area contributed by atoms with E-state index < -0.39 is 0 Å². The minimum atomic E-state index is -0.140. The van der Waals surface area contributed by atoms with E-state index in [4.69, 9.17) is 11.6 Å². The number of thioether (sulfide) groups is 1. The monoisotopic (exact) mass is 301 g/mol. The number of nitrogens with zero attached hydrogens (tertiary/aromatic N) is 2. The van der Waals surface area contributed by atoms with Crippen molar-refractivity contribution >= 4 is 35.1 Å². The van der Waals surface area contributed by atoms with Gasteiger partial charge in [-0.25, -0.2) is 4.98 Å². The molecule has 0 radical (unpaired) electrons. The van der Waals surface area contributed by atoms with Gasteiger partial charge in [-0.15, -0.1) is 0 Å². The van der Waals surface area contributed by atoms with Gasteiger partial charge < -0.3 is 10.2 Å². The molecule has 1 rings (SSSR count). The second-order valence-electron chi connectivity index (χ2n) is 4.17. The Kier molecular flexibility index (Phi) is 7.02. The van der Waals surface area contributed by atoms with Crippen molar-refractivity contribution < 1.29 is 4.79 Å². The number of carbonyl (C=O) groups is 1. The van der Waals surface area contributed by atoms with E-state index in [1.807, 2.05) is 6.26 Å². The lowest BCUT2D eigenvalue weighted by Gasteiger charge is -2.17. The molecule has 1 N–H and O–H groups in total. The molecule has 0 saturated carbocycles. The summed E-state index contributed by atoms with van der Waals surface area (Å²) in [5.74, 6) is 1.44. The second kappa shape index (κ2) is 8.27. The predicted molar refractivity (Wildman–Crippen MR) is 83.4 cm³/mol. The quantitative estimate of drug-likeness (QED) is 0.841. The van der Waals surface area contributed by atoms with Gasteiger partial charge in [0.15, 0.2) is 0 Å². The van der Waals surface area contributed by atoms with Crippen molar-refractivity contribution in [1.29, 1.82) is 0 Å². The number of hydrogen-bond acceptors (Lipinski definition) is 4. The number of rotatable bonds is 7. The zero-order valence-corrected chi connectivity index (χ0v) is 13.1. The molecular weight excluding hydrogens is 282 g/mol. The van der Waals surface area contributed by atoms with Gasteiger partial charge in [0.1, 0.15) is 11.5 Å². The van der Waals surface area contributed by atoms with E-state index in [0.29, 0.717) is 23.1 Å². The zero-order chi connectivity index (χ0) is 14.3. The number of aromatic nitrogens is 1. The lowest BCUT2D eigenvalue weighted by Crippen LogP contribution is -2.30. The summed E-state index contributed by atoms with van der Waals surface area (Å²) < 4.78 is 0. The van der Waals surface area contributed by atoms with Crippen molar-refractivity contribution in [2.75, 3.05) is 37.5 Å². The van der Waals surface area contributed by atoms with Gasteiger partial charge >= 0.3 is 0 Å². The van der Waals surface area contributed by atoms with Crippen LogP contribution in [0.25, 0.3) is 0 Å². The number of hydrogen-bond donors (Lipinski definition) is 1. The zero-order valence-electron chi connectivity index (χ0n) is 11.6. The molecule has 1 amide bonds. The van der Waals surface area contributed by atoms with Gasteiger partial charge in [0.2, 0.25) is 0 Å². The third-order valence-corrected chi connectivity index (χ3v) is 3.48. The summed E-state index contributed by atoms with van der Waals surface area (Å²) in [6.07, 6.45) is 3.01. The number of halogens is 1. The first kappa shape index (κ1) is 16.1. The highest BCUT2D eigenvalue weighted by molar-refractivity contribution is 7.98. The third-order valence-electron chi connectivity index (χ3n) is 2.58. The smallest absolute Gasteiger partial charge is 0.273 e. The van der Waals surface area contributed by atoms with Gasteiger partial charge in [-0.2, -0.15) is 11.8 Å². The normalized spacial score (nSPS) is 10.3. The van der Waals surface area contributed by atoms with Crippen LogP contribution in [0.4, 0.5) is 5.82 Å². The Morgan fingerprint density at radius 1 is 1.53 bits per heavy atom. The maximum Gasteiger partial charge on any atom is 0.273 e. The van der Waals surface area contributed by atoms with Gasteiger partial charge in [-0.05, 0) is 24.8 Å². The summed E-state index contributed by atoms with van der Waals surface area (Å²) in [6.45, 7) is 3.58. The van der Waals surface area contributed by atoms with Crippen LogP contribution in [0, 0.1) is 0 Å². The molecule has 6 heteroatoms. The SMILES string of the molecule is CCCNc1ccc(Cl)c(C(=O)N(C)CCSC)n1. The van der Waals surface area contributed by atoms with Gasteiger partial charge in [-0.3, -0.25) is 4.79 Å². The molecule has 1 heterocycles. The van der Waals surface area contributed by atoms with Crippen LogP contribution in [0.2, 0.25) is 5.02 Å². The fraction of sp³-hybridized carbons (Fsp3) is 0.538. The first-order chi connectivity index (χ1) is 9.10. The Balaban J connectivity index is 2.82. The largest absolute Gasteiger partial charge is 0.370 e.